The van der Waals surface area contributed by atoms with E-state index in [4.69, 9.17) is 0 Å². The lowest BCUT2D eigenvalue weighted by molar-refractivity contribution is -0.140. The lowest BCUT2D eigenvalue weighted by Crippen LogP contribution is -2.05. The van der Waals surface area contributed by atoms with Gasteiger partial charge in [-0.2, -0.15) is 13.2 Å². The highest BCUT2D eigenvalue weighted by Gasteiger charge is 2.34. The van der Waals surface area contributed by atoms with E-state index in [2.05, 4.69) is 21.1 Å². The second-order valence-corrected chi connectivity index (χ2v) is 6.73. The Bertz CT molecular complexity index is 821. The fourth-order valence-corrected chi connectivity index (χ4v) is 3.68. The molecule has 0 amide bonds. The van der Waals surface area contributed by atoms with Crippen LogP contribution in [0.15, 0.2) is 17.5 Å². The van der Waals surface area contributed by atoms with Crippen LogP contribution in [0.1, 0.15) is 16.1 Å². The number of thiazole rings is 1. The second-order valence-electron chi connectivity index (χ2n) is 4.61. The Morgan fingerprint density at radius 3 is 2.55 bits per heavy atom. The fourth-order valence-electron chi connectivity index (χ4n) is 1.94. The van der Waals surface area contributed by atoms with Crippen LogP contribution in [-0.4, -0.2) is 15.0 Å². The largest absolute Gasteiger partial charge is 0.434 e. The minimum Gasteiger partial charge on any atom is -0.228 e. The van der Waals surface area contributed by atoms with Crippen molar-refractivity contribution in [3.8, 4) is 21.4 Å². The van der Waals surface area contributed by atoms with Crippen LogP contribution in [0, 0.1) is 20.0 Å². The Balaban J connectivity index is 2.01. The highest BCUT2D eigenvalue weighted by Crippen LogP contribution is 2.34. The van der Waals surface area contributed by atoms with Crippen molar-refractivity contribution in [2.75, 3.05) is 0 Å². The SMILES string of the molecule is Cc1cc(C)c(-c2c[c]nc(-c3nc(C(F)(F)F)cs3)n2)s1. The third kappa shape index (κ3) is 2.89. The van der Waals surface area contributed by atoms with E-state index in [0.29, 0.717) is 5.69 Å². The summed E-state index contributed by atoms with van der Waals surface area (Å²) in [5.74, 6) is 0.156. The molecule has 0 saturated carbocycles. The Kier molecular flexibility index (Phi) is 3.73. The molecule has 8 heteroatoms. The van der Waals surface area contributed by atoms with Crippen LogP contribution in [0.2, 0.25) is 0 Å². The van der Waals surface area contributed by atoms with E-state index >= 15 is 0 Å². The van der Waals surface area contributed by atoms with Crippen molar-refractivity contribution in [3.63, 3.8) is 0 Å². The molecule has 1 radical (unpaired) electrons. The summed E-state index contributed by atoms with van der Waals surface area (Å²) in [4.78, 5) is 13.9. The number of hydrogen-bond acceptors (Lipinski definition) is 5. The van der Waals surface area contributed by atoms with Gasteiger partial charge in [0.05, 0.1) is 16.8 Å². The molecule has 0 spiro atoms. The molecule has 113 valence electrons. The summed E-state index contributed by atoms with van der Waals surface area (Å²) in [6, 6.07) is 3.66. The fraction of sp³-hybridized carbons (Fsp3) is 0.214. The monoisotopic (exact) mass is 340 g/mol. The van der Waals surface area contributed by atoms with Crippen LogP contribution >= 0.6 is 22.7 Å². The maximum absolute atomic E-state index is 12.6. The lowest BCUT2D eigenvalue weighted by Gasteiger charge is -2.01. The number of rotatable bonds is 2. The first kappa shape index (κ1) is 15.1. The van der Waals surface area contributed by atoms with Gasteiger partial charge in [-0.1, -0.05) is 0 Å². The Hall–Kier alpha value is -1.80. The van der Waals surface area contributed by atoms with Crippen molar-refractivity contribution in [2.45, 2.75) is 20.0 Å². The average Bonchev–Trinajstić information content (AvgIpc) is 3.05. The van der Waals surface area contributed by atoms with Crippen LogP contribution in [0.3, 0.4) is 0 Å². The smallest absolute Gasteiger partial charge is 0.228 e. The first-order chi connectivity index (χ1) is 10.3. The zero-order chi connectivity index (χ0) is 15.9. The first-order valence-electron chi connectivity index (χ1n) is 6.20. The number of alkyl halides is 3. The van der Waals surface area contributed by atoms with Gasteiger partial charge in [-0.3, -0.25) is 0 Å². The summed E-state index contributed by atoms with van der Waals surface area (Å²) in [5, 5.41) is 1.10. The highest BCUT2D eigenvalue weighted by atomic mass is 32.1. The van der Waals surface area contributed by atoms with Gasteiger partial charge >= 0.3 is 6.18 Å². The van der Waals surface area contributed by atoms with Crippen LogP contribution in [0.4, 0.5) is 13.2 Å². The van der Waals surface area contributed by atoms with Gasteiger partial charge in [0, 0.05) is 10.3 Å². The Morgan fingerprint density at radius 1 is 1.18 bits per heavy atom. The van der Waals surface area contributed by atoms with E-state index in [1.54, 1.807) is 17.4 Å². The number of nitrogens with zero attached hydrogens (tertiary/aromatic N) is 3. The summed E-state index contributed by atoms with van der Waals surface area (Å²) >= 11 is 2.44. The zero-order valence-electron chi connectivity index (χ0n) is 11.5. The molecule has 0 aliphatic rings. The third-order valence-corrected chi connectivity index (χ3v) is 4.87. The van der Waals surface area contributed by atoms with Crippen molar-refractivity contribution in [2.24, 2.45) is 0 Å². The van der Waals surface area contributed by atoms with Gasteiger partial charge < -0.3 is 0 Å². The molecule has 3 heterocycles. The van der Waals surface area contributed by atoms with Crippen molar-refractivity contribution in [1.82, 2.24) is 15.0 Å². The molecule has 0 fully saturated rings. The summed E-state index contributed by atoms with van der Waals surface area (Å²) in [6.45, 7) is 3.95. The van der Waals surface area contributed by atoms with Crippen molar-refractivity contribution < 1.29 is 13.2 Å². The Labute approximate surface area is 132 Å². The quantitative estimate of drug-likeness (QED) is 0.675. The normalized spacial score (nSPS) is 11.9. The first-order valence-corrected chi connectivity index (χ1v) is 7.90. The highest BCUT2D eigenvalue weighted by molar-refractivity contribution is 7.15. The summed E-state index contributed by atoms with van der Waals surface area (Å²) in [7, 11) is 0. The molecular formula is C14H9F3N3S2. The molecule has 0 aliphatic heterocycles. The molecule has 3 nitrogen and oxygen atoms in total. The zero-order valence-corrected chi connectivity index (χ0v) is 13.2. The van der Waals surface area contributed by atoms with Gasteiger partial charge in [0.25, 0.3) is 0 Å². The number of halogens is 3. The molecule has 0 aromatic carbocycles. The lowest BCUT2D eigenvalue weighted by atomic mass is 10.2. The van der Waals surface area contributed by atoms with E-state index < -0.39 is 11.9 Å². The standard InChI is InChI=1S/C14H9F3N3S2/c1-7-5-8(2)22-11(7)9-3-4-18-12(19-9)13-20-10(6-21-13)14(15,16)17/h3,5-6H,1-2H3. The van der Waals surface area contributed by atoms with Crippen molar-refractivity contribution >= 4 is 22.7 Å². The van der Waals surface area contributed by atoms with Gasteiger partial charge in [-0.15, -0.1) is 22.7 Å². The van der Waals surface area contributed by atoms with E-state index in [1.807, 2.05) is 19.9 Å². The van der Waals surface area contributed by atoms with Gasteiger partial charge in [0.1, 0.15) is 0 Å². The van der Waals surface area contributed by atoms with Crippen LogP contribution in [0.25, 0.3) is 21.4 Å². The van der Waals surface area contributed by atoms with Gasteiger partial charge in [0.2, 0.25) is 0 Å². The third-order valence-electron chi connectivity index (χ3n) is 2.86. The van der Waals surface area contributed by atoms with E-state index in [9.17, 15) is 13.2 Å². The maximum Gasteiger partial charge on any atom is 0.434 e. The number of hydrogen-bond donors (Lipinski definition) is 0. The maximum atomic E-state index is 12.6. The molecule has 22 heavy (non-hydrogen) atoms. The number of aromatic nitrogens is 3. The van der Waals surface area contributed by atoms with E-state index in [1.165, 1.54) is 0 Å². The van der Waals surface area contributed by atoms with E-state index in [0.717, 1.165) is 32.0 Å². The molecule has 0 unspecified atom stereocenters. The molecule has 0 aliphatic carbocycles. The van der Waals surface area contributed by atoms with Gasteiger partial charge in [-0.25, -0.2) is 15.0 Å². The summed E-state index contributed by atoms with van der Waals surface area (Å²) < 4.78 is 37.8. The van der Waals surface area contributed by atoms with Gasteiger partial charge in [0.15, 0.2) is 16.5 Å². The molecule has 0 atom stereocenters. The number of aryl methyl sites for hydroxylation is 2. The van der Waals surface area contributed by atoms with Crippen LogP contribution < -0.4 is 0 Å². The van der Waals surface area contributed by atoms with Crippen LogP contribution in [-0.2, 0) is 6.18 Å². The molecule has 3 rings (SSSR count). The summed E-state index contributed by atoms with van der Waals surface area (Å²) in [6.07, 6.45) is -1.77. The minimum absolute atomic E-state index is 0.136. The van der Waals surface area contributed by atoms with Crippen molar-refractivity contribution in [1.29, 1.82) is 0 Å². The molecule has 0 N–H and O–H groups in total. The molecule has 3 aromatic heterocycles. The molecule has 0 saturated heterocycles. The van der Waals surface area contributed by atoms with Gasteiger partial charge in [-0.05, 0) is 31.5 Å². The molecular weight excluding hydrogens is 331 g/mol. The van der Waals surface area contributed by atoms with E-state index in [-0.39, 0.29) is 10.8 Å². The topological polar surface area (TPSA) is 38.7 Å². The molecule has 3 aromatic rings. The Morgan fingerprint density at radius 2 is 1.95 bits per heavy atom. The number of thiophene rings is 1. The minimum atomic E-state index is -4.46. The average molecular weight is 340 g/mol. The predicted octanol–water partition coefficient (Wildman–Crippen LogP) is 4.76. The second kappa shape index (κ2) is 5.44. The summed E-state index contributed by atoms with van der Waals surface area (Å²) in [5.41, 5.74) is 0.782. The van der Waals surface area contributed by atoms with Crippen molar-refractivity contribution in [3.05, 3.63) is 39.8 Å². The predicted molar refractivity (Wildman–Crippen MR) is 79.8 cm³/mol. The molecule has 0 bridgehead atoms. The van der Waals surface area contributed by atoms with Crippen LogP contribution in [0.5, 0.6) is 0 Å².